The third-order valence-corrected chi connectivity index (χ3v) is 3.51. The maximum atomic E-state index is 11.5. The first-order chi connectivity index (χ1) is 7.14. The number of carboxylic acid groups (broad SMARTS) is 1. The van der Waals surface area contributed by atoms with E-state index >= 15 is 0 Å². The maximum Gasteiger partial charge on any atom is 0.311 e. The van der Waals surface area contributed by atoms with Gasteiger partial charge in [-0.15, -0.1) is 11.3 Å². The first-order valence-electron chi connectivity index (χ1n) is 4.69. The molecule has 2 rings (SSSR count). The third kappa shape index (κ3) is 2.02. The van der Waals surface area contributed by atoms with Gasteiger partial charge in [-0.2, -0.15) is 0 Å². The van der Waals surface area contributed by atoms with Gasteiger partial charge in [0.25, 0.3) is 5.91 Å². The molecule has 0 saturated heterocycles. The highest BCUT2D eigenvalue weighted by Crippen LogP contribution is 2.45. The monoisotopic (exact) mass is 225 g/mol. The van der Waals surface area contributed by atoms with Gasteiger partial charge in [0.2, 0.25) is 0 Å². The number of carbonyl (C=O) groups is 2. The Morgan fingerprint density at radius 2 is 2.27 bits per heavy atom. The molecular formula is C10H11NO3S. The molecule has 0 radical (unpaired) electrons. The molecule has 0 unspecified atom stereocenters. The molecule has 1 amide bonds. The van der Waals surface area contributed by atoms with E-state index in [0.717, 1.165) is 0 Å². The van der Waals surface area contributed by atoms with E-state index < -0.39 is 11.4 Å². The molecule has 15 heavy (non-hydrogen) atoms. The van der Waals surface area contributed by atoms with Gasteiger partial charge >= 0.3 is 5.97 Å². The molecule has 1 saturated carbocycles. The van der Waals surface area contributed by atoms with E-state index in [0.29, 0.717) is 17.7 Å². The molecule has 0 aromatic carbocycles. The molecule has 4 nitrogen and oxygen atoms in total. The van der Waals surface area contributed by atoms with Gasteiger partial charge < -0.3 is 10.4 Å². The molecule has 2 N–H and O–H groups in total. The average molecular weight is 225 g/mol. The predicted molar refractivity (Wildman–Crippen MR) is 56.0 cm³/mol. The second-order valence-electron chi connectivity index (χ2n) is 3.75. The summed E-state index contributed by atoms with van der Waals surface area (Å²) < 4.78 is 0. The Morgan fingerprint density at radius 1 is 1.53 bits per heavy atom. The molecule has 1 aromatic heterocycles. The maximum absolute atomic E-state index is 11.5. The average Bonchev–Trinajstić information content (AvgIpc) is 2.80. The quantitative estimate of drug-likeness (QED) is 0.812. The Morgan fingerprint density at radius 3 is 2.73 bits per heavy atom. The highest BCUT2D eigenvalue weighted by atomic mass is 32.1. The number of rotatable bonds is 4. The van der Waals surface area contributed by atoms with Crippen molar-refractivity contribution in [3.05, 3.63) is 22.4 Å². The fraction of sp³-hybridized carbons (Fsp3) is 0.400. The van der Waals surface area contributed by atoms with Gasteiger partial charge in [-0.1, -0.05) is 6.07 Å². The molecule has 0 atom stereocenters. The Bertz CT molecular complexity index is 381. The van der Waals surface area contributed by atoms with Crippen molar-refractivity contribution in [2.75, 3.05) is 6.54 Å². The number of thiophene rings is 1. The first kappa shape index (κ1) is 10.2. The van der Waals surface area contributed by atoms with Crippen molar-refractivity contribution in [2.24, 2.45) is 5.41 Å². The largest absolute Gasteiger partial charge is 0.481 e. The lowest BCUT2D eigenvalue weighted by Gasteiger charge is -2.09. The van der Waals surface area contributed by atoms with E-state index in [1.165, 1.54) is 11.3 Å². The van der Waals surface area contributed by atoms with Crippen LogP contribution in [0.1, 0.15) is 22.5 Å². The Hall–Kier alpha value is -1.36. The van der Waals surface area contributed by atoms with E-state index in [1.54, 1.807) is 12.1 Å². The normalized spacial score (nSPS) is 17.1. The third-order valence-electron chi connectivity index (χ3n) is 2.64. The van der Waals surface area contributed by atoms with Gasteiger partial charge in [-0.05, 0) is 24.3 Å². The van der Waals surface area contributed by atoms with Crippen LogP contribution in [-0.4, -0.2) is 23.5 Å². The zero-order chi connectivity index (χ0) is 10.9. The molecule has 1 aliphatic rings. The second kappa shape index (κ2) is 3.66. The summed E-state index contributed by atoms with van der Waals surface area (Å²) in [6.45, 7) is 0.235. The molecule has 0 spiro atoms. The van der Waals surface area contributed by atoms with Gasteiger partial charge in [-0.25, -0.2) is 0 Å². The summed E-state index contributed by atoms with van der Waals surface area (Å²) in [6, 6.07) is 3.52. The molecule has 0 bridgehead atoms. The lowest BCUT2D eigenvalue weighted by atomic mass is 10.1. The summed E-state index contributed by atoms with van der Waals surface area (Å²) in [6.07, 6.45) is 1.32. The minimum Gasteiger partial charge on any atom is -0.481 e. The Kier molecular flexibility index (Phi) is 2.48. The van der Waals surface area contributed by atoms with Crippen LogP contribution < -0.4 is 5.32 Å². The number of amides is 1. The van der Waals surface area contributed by atoms with Crippen molar-refractivity contribution in [1.82, 2.24) is 5.32 Å². The van der Waals surface area contributed by atoms with E-state index in [2.05, 4.69) is 5.32 Å². The van der Waals surface area contributed by atoms with Crippen molar-refractivity contribution in [3.8, 4) is 0 Å². The molecule has 1 aromatic rings. The van der Waals surface area contributed by atoms with Crippen LogP contribution in [0.4, 0.5) is 0 Å². The van der Waals surface area contributed by atoms with Crippen LogP contribution in [0.25, 0.3) is 0 Å². The Labute approximate surface area is 90.9 Å². The first-order valence-corrected chi connectivity index (χ1v) is 5.57. The van der Waals surface area contributed by atoms with Crippen molar-refractivity contribution >= 4 is 23.2 Å². The zero-order valence-corrected chi connectivity index (χ0v) is 8.84. The fourth-order valence-corrected chi connectivity index (χ4v) is 2.00. The van der Waals surface area contributed by atoms with E-state index in [1.807, 2.05) is 5.38 Å². The SMILES string of the molecule is O=C(NCC1(C(=O)O)CC1)c1cccs1. The highest BCUT2D eigenvalue weighted by Gasteiger charge is 2.50. The van der Waals surface area contributed by atoms with Crippen LogP contribution in [0, 0.1) is 5.41 Å². The second-order valence-corrected chi connectivity index (χ2v) is 4.69. The van der Waals surface area contributed by atoms with Crippen molar-refractivity contribution in [2.45, 2.75) is 12.8 Å². The van der Waals surface area contributed by atoms with Crippen LogP contribution in [0.3, 0.4) is 0 Å². The van der Waals surface area contributed by atoms with E-state index in [4.69, 9.17) is 5.11 Å². The molecule has 80 valence electrons. The molecule has 5 heteroatoms. The van der Waals surface area contributed by atoms with Gasteiger partial charge in [-0.3, -0.25) is 9.59 Å². The number of nitrogens with one attached hydrogen (secondary N) is 1. The van der Waals surface area contributed by atoms with Crippen molar-refractivity contribution < 1.29 is 14.7 Å². The number of aliphatic carboxylic acids is 1. The number of hydrogen-bond donors (Lipinski definition) is 2. The number of carbonyl (C=O) groups excluding carboxylic acids is 1. The molecule has 0 aliphatic heterocycles. The van der Waals surface area contributed by atoms with Crippen LogP contribution in [0.5, 0.6) is 0 Å². The summed E-state index contributed by atoms with van der Waals surface area (Å²) in [5, 5.41) is 13.4. The summed E-state index contributed by atoms with van der Waals surface area (Å²) in [7, 11) is 0. The standard InChI is InChI=1S/C10H11NO3S/c12-8(7-2-1-5-15-7)11-6-10(3-4-10)9(13)14/h1-2,5H,3-4,6H2,(H,11,12)(H,13,14). The molecular weight excluding hydrogens is 214 g/mol. The summed E-state index contributed by atoms with van der Waals surface area (Å²) in [5.74, 6) is -0.994. The molecule has 1 heterocycles. The fourth-order valence-electron chi connectivity index (χ4n) is 1.36. The smallest absolute Gasteiger partial charge is 0.311 e. The topological polar surface area (TPSA) is 66.4 Å². The van der Waals surface area contributed by atoms with E-state index in [-0.39, 0.29) is 12.5 Å². The summed E-state index contributed by atoms with van der Waals surface area (Å²) in [4.78, 5) is 23.0. The number of hydrogen-bond acceptors (Lipinski definition) is 3. The zero-order valence-electron chi connectivity index (χ0n) is 8.03. The molecule has 1 fully saturated rings. The Balaban J connectivity index is 1.89. The van der Waals surface area contributed by atoms with Crippen molar-refractivity contribution in [1.29, 1.82) is 0 Å². The van der Waals surface area contributed by atoms with Crippen molar-refractivity contribution in [3.63, 3.8) is 0 Å². The number of carboxylic acids is 1. The van der Waals surface area contributed by atoms with Gasteiger partial charge in [0.15, 0.2) is 0 Å². The lowest BCUT2D eigenvalue weighted by Crippen LogP contribution is -2.33. The predicted octanol–water partition coefficient (Wildman–Crippen LogP) is 1.34. The van der Waals surface area contributed by atoms with Gasteiger partial charge in [0, 0.05) is 6.54 Å². The highest BCUT2D eigenvalue weighted by molar-refractivity contribution is 7.12. The van der Waals surface area contributed by atoms with Crippen LogP contribution in [0.15, 0.2) is 17.5 Å². The molecule has 1 aliphatic carbocycles. The van der Waals surface area contributed by atoms with Gasteiger partial charge in [0.05, 0.1) is 10.3 Å². The van der Waals surface area contributed by atoms with Crippen LogP contribution >= 0.6 is 11.3 Å². The minimum atomic E-state index is -0.811. The minimum absolute atomic E-state index is 0.183. The van der Waals surface area contributed by atoms with Crippen LogP contribution in [0.2, 0.25) is 0 Å². The summed E-state index contributed by atoms with van der Waals surface area (Å²) >= 11 is 1.35. The summed E-state index contributed by atoms with van der Waals surface area (Å²) in [5.41, 5.74) is -0.688. The van der Waals surface area contributed by atoms with Crippen LogP contribution in [-0.2, 0) is 4.79 Å². The van der Waals surface area contributed by atoms with E-state index in [9.17, 15) is 9.59 Å². The van der Waals surface area contributed by atoms with Gasteiger partial charge in [0.1, 0.15) is 0 Å². The lowest BCUT2D eigenvalue weighted by molar-refractivity contribution is -0.143.